The zero-order chi connectivity index (χ0) is 13.2. The smallest absolute Gasteiger partial charge is 0.239 e. The van der Waals surface area contributed by atoms with Crippen molar-refractivity contribution in [2.45, 2.75) is 32.2 Å². The summed E-state index contributed by atoms with van der Waals surface area (Å²) < 4.78 is 0. The van der Waals surface area contributed by atoms with Crippen molar-refractivity contribution in [1.29, 1.82) is 0 Å². The normalized spacial score (nSPS) is 24.1. The SMILES string of the molecule is Cc1cc(N2CCCN3CCCC3C2)nc(NN)n1. The summed E-state index contributed by atoms with van der Waals surface area (Å²) in [7, 11) is 0. The molecule has 0 amide bonds. The van der Waals surface area contributed by atoms with Gasteiger partial charge in [0.1, 0.15) is 5.82 Å². The van der Waals surface area contributed by atoms with Crippen molar-refractivity contribution in [3.63, 3.8) is 0 Å². The predicted molar refractivity (Wildman–Crippen MR) is 76.0 cm³/mol. The average Bonchev–Trinajstić information content (AvgIpc) is 2.75. The molecule has 0 spiro atoms. The minimum atomic E-state index is 0.502. The Morgan fingerprint density at radius 3 is 2.95 bits per heavy atom. The summed E-state index contributed by atoms with van der Waals surface area (Å²) in [6, 6.07) is 2.73. The molecule has 1 aromatic heterocycles. The Morgan fingerprint density at radius 2 is 2.11 bits per heavy atom. The highest BCUT2D eigenvalue weighted by molar-refractivity contribution is 5.44. The fourth-order valence-electron chi connectivity index (χ4n) is 3.19. The largest absolute Gasteiger partial charge is 0.355 e. The maximum Gasteiger partial charge on any atom is 0.239 e. The average molecular weight is 262 g/mol. The van der Waals surface area contributed by atoms with Gasteiger partial charge in [-0.25, -0.2) is 10.8 Å². The van der Waals surface area contributed by atoms with Gasteiger partial charge in [0.15, 0.2) is 0 Å². The van der Waals surface area contributed by atoms with Crippen molar-refractivity contribution < 1.29 is 0 Å². The highest BCUT2D eigenvalue weighted by Gasteiger charge is 2.29. The van der Waals surface area contributed by atoms with E-state index in [1.165, 1.54) is 32.4 Å². The summed E-state index contributed by atoms with van der Waals surface area (Å²) in [6.45, 7) is 6.59. The Hall–Kier alpha value is -1.40. The standard InChI is InChI=1S/C13H22N6/c1-10-8-12(16-13(15-10)17-14)19-7-3-6-18-5-2-4-11(18)9-19/h8,11H,2-7,9,14H2,1H3,(H,15,16,17). The maximum absolute atomic E-state index is 5.43. The van der Waals surface area contributed by atoms with Crippen LogP contribution in [0.3, 0.4) is 0 Å². The minimum Gasteiger partial charge on any atom is -0.355 e. The van der Waals surface area contributed by atoms with Gasteiger partial charge in [0, 0.05) is 37.4 Å². The number of fused-ring (bicyclic) bond motifs is 1. The molecule has 2 aliphatic heterocycles. The van der Waals surface area contributed by atoms with E-state index < -0.39 is 0 Å². The van der Waals surface area contributed by atoms with Crippen molar-refractivity contribution in [1.82, 2.24) is 14.9 Å². The van der Waals surface area contributed by atoms with Gasteiger partial charge in [-0.1, -0.05) is 0 Å². The number of hydrogen-bond donors (Lipinski definition) is 2. The van der Waals surface area contributed by atoms with Crippen LogP contribution < -0.4 is 16.2 Å². The number of nitrogen functional groups attached to an aromatic ring is 1. The number of aryl methyl sites for hydroxylation is 1. The van der Waals surface area contributed by atoms with E-state index in [2.05, 4.69) is 25.2 Å². The summed E-state index contributed by atoms with van der Waals surface area (Å²) in [5.74, 6) is 6.93. The van der Waals surface area contributed by atoms with Crippen molar-refractivity contribution in [2.75, 3.05) is 36.5 Å². The number of nitrogens with two attached hydrogens (primary N) is 1. The molecule has 1 aromatic rings. The number of nitrogens with one attached hydrogen (secondary N) is 1. The topological polar surface area (TPSA) is 70.3 Å². The van der Waals surface area contributed by atoms with Gasteiger partial charge in [-0.05, 0) is 32.7 Å². The summed E-state index contributed by atoms with van der Waals surface area (Å²) in [5.41, 5.74) is 3.50. The Kier molecular flexibility index (Phi) is 3.52. The van der Waals surface area contributed by atoms with Crippen molar-refractivity contribution >= 4 is 11.8 Å². The van der Waals surface area contributed by atoms with Gasteiger partial charge in [0.05, 0.1) is 0 Å². The van der Waals surface area contributed by atoms with Gasteiger partial charge in [-0.2, -0.15) is 4.98 Å². The van der Waals surface area contributed by atoms with Crippen LogP contribution in [0.2, 0.25) is 0 Å². The zero-order valence-electron chi connectivity index (χ0n) is 11.5. The second-order valence-electron chi connectivity index (χ2n) is 5.47. The van der Waals surface area contributed by atoms with E-state index in [-0.39, 0.29) is 0 Å². The van der Waals surface area contributed by atoms with Gasteiger partial charge in [-0.3, -0.25) is 10.3 Å². The molecule has 2 aliphatic rings. The van der Waals surface area contributed by atoms with Crippen LogP contribution in [0.25, 0.3) is 0 Å². The van der Waals surface area contributed by atoms with E-state index in [0.29, 0.717) is 12.0 Å². The van der Waals surface area contributed by atoms with Crippen LogP contribution in [0, 0.1) is 6.92 Å². The first-order valence-corrected chi connectivity index (χ1v) is 7.07. The monoisotopic (exact) mass is 262 g/mol. The summed E-state index contributed by atoms with van der Waals surface area (Å²) in [4.78, 5) is 13.7. The Labute approximate surface area is 114 Å². The Bertz CT molecular complexity index is 449. The number of aromatic nitrogens is 2. The van der Waals surface area contributed by atoms with E-state index in [4.69, 9.17) is 5.84 Å². The van der Waals surface area contributed by atoms with E-state index in [9.17, 15) is 0 Å². The molecule has 3 heterocycles. The van der Waals surface area contributed by atoms with Crippen LogP contribution >= 0.6 is 0 Å². The van der Waals surface area contributed by atoms with E-state index >= 15 is 0 Å². The van der Waals surface area contributed by atoms with Gasteiger partial charge in [0.2, 0.25) is 5.95 Å². The molecule has 0 bridgehead atoms. The summed E-state index contributed by atoms with van der Waals surface area (Å²) >= 11 is 0. The molecule has 0 radical (unpaired) electrons. The lowest BCUT2D eigenvalue weighted by molar-refractivity contribution is 0.273. The van der Waals surface area contributed by atoms with Gasteiger partial charge in [-0.15, -0.1) is 0 Å². The van der Waals surface area contributed by atoms with Crippen LogP contribution in [-0.4, -0.2) is 47.1 Å². The molecule has 6 heteroatoms. The summed E-state index contributed by atoms with van der Waals surface area (Å²) in [5, 5.41) is 0. The van der Waals surface area contributed by atoms with Gasteiger partial charge in [0.25, 0.3) is 0 Å². The number of rotatable bonds is 2. The molecule has 0 saturated carbocycles. The first-order valence-electron chi connectivity index (χ1n) is 7.07. The summed E-state index contributed by atoms with van der Waals surface area (Å²) in [6.07, 6.45) is 3.84. The quantitative estimate of drug-likeness (QED) is 0.605. The molecule has 1 unspecified atom stereocenters. The highest BCUT2D eigenvalue weighted by Crippen LogP contribution is 2.24. The molecule has 0 aromatic carbocycles. The molecular formula is C13H22N6. The number of nitrogens with zero attached hydrogens (tertiary/aromatic N) is 4. The van der Waals surface area contributed by atoms with Crippen molar-refractivity contribution in [3.05, 3.63) is 11.8 Å². The number of hydrazine groups is 1. The molecule has 3 rings (SSSR count). The zero-order valence-corrected chi connectivity index (χ0v) is 11.5. The van der Waals surface area contributed by atoms with Crippen LogP contribution in [0.4, 0.5) is 11.8 Å². The minimum absolute atomic E-state index is 0.502. The second kappa shape index (κ2) is 5.30. The first-order chi connectivity index (χ1) is 9.26. The lowest BCUT2D eigenvalue weighted by atomic mass is 10.2. The van der Waals surface area contributed by atoms with Gasteiger partial charge < -0.3 is 4.90 Å². The molecule has 2 saturated heterocycles. The van der Waals surface area contributed by atoms with Gasteiger partial charge >= 0.3 is 0 Å². The molecule has 6 nitrogen and oxygen atoms in total. The molecule has 19 heavy (non-hydrogen) atoms. The molecular weight excluding hydrogens is 240 g/mol. The van der Waals surface area contributed by atoms with Crippen LogP contribution in [-0.2, 0) is 0 Å². The number of hydrogen-bond acceptors (Lipinski definition) is 6. The third-order valence-electron chi connectivity index (χ3n) is 4.10. The Morgan fingerprint density at radius 1 is 1.26 bits per heavy atom. The molecule has 104 valence electrons. The molecule has 2 fully saturated rings. The molecule has 0 aliphatic carbocycles. The highest BCUT2D eigenvalue weighted by atomic mass is 15.3. The van der Waals surface area contributed by atoms with Crippen LogP contribution in [0.15, 0.2) is 6.07 Å². The third-order valence-corrected chi connectivity index (χ3v) is 4.10. The Balaban J connectivity index is 1.82. The molecule has 3 N–H and O–H groups in total. The fourth-order valence-corrected chi connectivity index (χ4v) is 3.19. The molecule has 1 atom stereocenters. The van der Waals surface area contributed by atoms with E-state index in [1.807, 2.05) is 13.0 Å². The number of anilines is 2. The predicted octanol–water partition coefficient (Wildman–Crippen LogP) is 0.745. The lowest BCUT2D eigenvalue weighted by Crippen LogP contribution is -2.37. The first kappa shape index (κ1) is 12.6. The van der Waals surface area contributed by atoms with Crippen molar-refractivity contribution in [3.8, 4) is 0 Å². The lowest BCUT2D eigenvalue weighted by Gasteiger charge is -2.26. The fraction of sp³-hybridized carbons (Fsp3) is 0.692. The van der Waals surface area contributed by atoms with E-state index in [1.54, 1.807) is 0 Å². The third kappa shape index (κ3) is 2.64. The van der Waals surface area contributed by atoms with Crippen LogP contribution in [0.5, 0.6) is 0 Å². The van der Waals surface area contributed by atoms with Crippen LogP contribution in [0.1, 0.15) is 25.0 Å². The maximum atomic E-state index is 5.43. The van der Waals surface area contributed by atoms with Crippen molar-refractivity contribution in [2.24, 2.45) is 5.84 Å². The second-order valence-corrected chi connectivity index (χ2v) is 5.47. The van der Waals surface area contributed by atoms with E-state index in [0.717, 1.165) is 24.6 Å².